The fourth-order valence-electron chi connectivity index (χ4n) is 3.22. The van der Waals surface area contributed by atoms with E-state index in [1.165, 1.54) is 32.1 Å². The zero-order valence-electron chi connectivity index (χ0n) is 11.8. The molecule has 0 spiro atoms. The molecule has 0 radical (unpaired) electrons. The molecular formula is C15H27ClN2O. The Labute approximate surface area is 123 Å². The van der Waals surface area contributed by atoms with Crippen molar-refractivity contribution in [1.29, 1.82) is 0 Å². The third-order valence-electron chi connectivity index (χ3n) is 4.27. The van der Waals surface area contributed by atoms with E-state index in [0.29, 0.717) is 12.5 Å². The lowest BCUT2D eigenvalue weighted by molar-refractivity contribution is -0.135. The molecule has 1 saturated heterocycles. The summed E-state index contributed by atoms with van der Waals surface area (Å²) in [6.07, 6.45) is 9.50. The Bertz CT molecular complexity index is 284. The summed E-state index contributed by atoms with van der Waals surface area (Å²) in [4.78, 5) is 14.5. The molecule has 1 unspecified atom stereocenters. The zero-order valence-corrected chi connectivity index (χ0v) is 12.6. The lowest BCUT2D eigenvalue weighted by Crippen LogP contribution is -2.40. The highest BCUT2D eigenvalue weighted by atomic mass is 35.5. The smallest absolute Gasteiger partial charge is 0.227 e. The van der Waals surface area contributed by atoms with Crippen LogP contribution in [-0.4, -0.2) is 37.0 Å². The van der Waals surface area contributed by atoms with Crippen LogP contribution in [0.1, 0.15) is 38.5 Å². The second kappa shape index (κ2) is 8.60. The van der Waals surface area contributed by atoms with Crippen molar-refractivity contribution in [1.82, 2.24) is 10.2 Å². The number of nitrogens with one attached hydrogen (secondary N) is 1. The van der Waals surface area contributed by atoms with E-state index in [0.717, 1.165) is 32.0 Å². The minimum absolute atomic E-state index is 0. The van der Waals surface area contributed by atoms with E-state index in [1.807, 2.05) is 11.0 Å². The molecule has 1 aliphatic carbocycles. The van der Waals surface area contributed by atoms with Crippen LogP contribution in [0.3, 0.4) is 0 Å². The number of hydrogen-bond acceptors (Lipinski definition) is 2. The van der Waals surface area contributed by atoms with E-state index in [-0.39, 0.29) is 18.3 Å². The van der Waals surface area contributed by atoms with Gasteiger partial charge in [0, 0.05) is 19.6 Å². The molecule has 0 aromatic carbocycles. The average molecular weight is 287 g/mol. The minimum Gasteiger partial charge on any atom is -0.338 e. The van der Waals surface area contributed by atoms with Gasteiger partial charge in [0.25, 0.3) is 0 Å². The van der Waals surface area contributed by atoms with Gasteiger partial charge in [-0.3, -0.25) is 4.79 Å². The van der Waals surface area contributed by atoms with E-state index in [4.69, 9.17) is 0 Å². The molecular weight excluding hydrogens is 260 g/mol. The number of amides is 1. The standard InChI is InChI=1S/C15H26N2O.ClH/c1-2-10-17(12-13-6-4-3-5-7-13)15(18)14-8-9-16-11-14;/h2,13-14,16H,1,3-12H2;1H. The van der Waals surface area contributed by atoms with E-state index < -0.39 is 0 Å². The van der Waals surface area contributed by atoms with Gasteiger partial charge in [-0.15, -0.1) is 19.0 Å². The third kappa shape index (κ3) is 4.81. The number of carbonyl (C=O) groups is 1. The first-order valence-corrected chi connectivity index (χ1v) is 7.41. The highest BCUT2D eigenvalue weighted by Crippen LogP contribution is 2.25. The Hall–Kier alpha value is -0.540. The van der Waals surface area contributed by atoms with Gasteiger partial charge < -0.3 is 10.2 Å². The van der Waals surface area contributed by atoms with E-state index >= 15 is 0 Å². The summed E-state index contributed by atoms with van der Waals surface area (Å²) < 4.78 is 0. The van der Waals surface area contributed by atoms with Crippen molar-refractivity contribution in [2.45, 2.75) is 38.5 Å². The first-order valence-electron chi connectivity index (χ1n) is 7.41. The highest BCUT2D eigenvalue weighted by Gasteiger charge is 2.28. The number of carbonyl (C=O) groups excluding carboxylic acids is 1. The van der Waals surface area contributed by atoms with Gasteiger partial charge in [0.2, 0.25) is 5.91 Å². The summed E-state index contributed by atoms with van der Waals surface area (Å²) in [7, 11) is 0. The Morgan fingerprint density at radius 2 is 2.00 bits per heavy atom. The molecule has 19 heavy (non-hydrogen) atoms. The van der Waals surface area contributed by atoms with E-state index in [2.05, 4.69) is 11.9 Å². The molecule has 1 saturated carbocycles. The molecule has 1 amide bonds. The van der Waals surface area contributed by atoms with Crippen molar-refractivity contribution in [3.05, 3.63) is 12.7 Å². The van der Waals surface area contributed by atoms with Crippen molar-refractivity contribution >= 4 is 18.3 Å². The Kier molecular flexibility index (Phi) is 7.47. The largest absolute Gasteiger partial charge is 0.338 e. The topological polar surface area (TPSA) is 32.3 Å². The number of rotatable bonds is 5. The van der Waals surface area contributed by atoms with Crippen LogP contribution in [0, 0.1) is 11.8 Å². The molecule has 1 aliphatic heterocycles. The van der Waals surface area contributed by atoms with Gasteiger partial charge in [0.15, 0.2) is 0 Å². The number of hydrogen-bond donors (Lipinski definition) is 1. The molecule has 1 atom stereocenters. The summed E-state index contributed by atoms with van der Waals surface area (Å²) in [5.41, 5.74) is 0. The summed E-state index contributed by atoms with van der Waals surface area (Å²) in [5, 5.41) is 3.28. The Morgan fingerprint density at radius 1 is 1.26 bits per heavy atom. The molecule has 2 rings (SSSR count). The monoisotopic (exact) mass is 286 g/mol. The number of nitrogens with zero attached hydrogens (tertiary/aromatic N) is 1. The molecule has 4 heteroatoms. The predicted octanol–water partition coefficient (Wildman–Crippen LogP) is 2.61. The second-order valence-electron chi connectivity index (χ2n) is 5.73. The molecule has 3 nitrogen and oxygen atoms in total. The van der Waals surface area contributed by atoms with Gasteiger partial charge in [-0.05, 0) is 31.7 Å². The maximum absolute atomic E-state index is 12.4. The molecule has 2 fully saturated rings. The minimum atomic E-state index is 0. The van der Waals surface area contributed by atoms with Crippen LogP contribution in [0.15, 0.2) is 12.7 Å². The van der Waals surface area contributed by atoms with Gasteiger partial charge in [0.1, 0.15) is 0 Å². The normalized spacial score (nSPS) is 23.7. The third-order valence-corrected chi connectivity index (χ3v) is 4.27. The molecule has 0 aromatic heterocycles. The van der Waals surface area contributed by atoms with Crippen LogP contribution >= 0.6 is 12.4 Å². The first kappa shape index (κ1) is 16.5. The van der Waals surface area contributed by atoms with Gasteiger partial charge in [-0.1, -0.05) is 25.3 Å². The number of halogens is 1. The molecule has 110 valence electrons. The predicted molar refractivity (Wildman–Crippen MR) is 81.6 cm³/mol. The van der Waals surface area contributed by atoms with Crippen LogP contribution in [-0.2, 0) is 4.79 Å². The summed E-state index contributed by atoms with van der Waals surface area (Å²) in [6.45, 7) is 7.30. The first-order chi connectivity index (χ1) is 8.81. The van der Waals surface area contributed by atoms with Gasteiger partial charge in [-0.2, -0.15) is 0 Å². The lowest BCUT2D eigenvalue weighted by atomic mass is 9.88. The fraction of sp³-hybridized carbons (Fsp3) is 0.800. The maximum Gasteiger partial charge on any atom is 0.227 e. The zero-order chi connectivity index (χ0) is 12.8. The second-order valence-corrected chi connectivity index (χ2v) is 5.73. The molecule has 0 bridgehead atoms. The van der Waals surface area contributed by atoms with Crippen molar-refractivity contribution in [3.63, 3.8) is 0 Å². The van der Waals surface area contributed by atoms with E-state index in [1.54, 1.807) is 0 Å². The van der Waals surface area contributed by atoms with Gasteiger partial charge >= 0.3 is 0 Å². The van der Waals surface area contributed by atoms with Crippen molar-refractivity contribution in [3.8, 4) is 0 Å². The van der Waals surface area contributed by atoms with E-state index in [9.17, 15) is 4.79 Å². The average Bonchev–Trinajstić information content (AvgIpc) is 2.92. The van der Waals surface area contributed by atoms with Crippen LogP contribution in [0.4, 0.5) is 0 Å². The lowest BCUT2D eigenvalue weighted by Gasteiger charge is -2.30. The summed E-state index contributed by atoms with van der Waals surface area (Å²) in [5.74, 6) is 1.26. The Morgan fingerprint density at radius 3 is 2.58 bits per heavy atom. The SMILES string of the molecule is C=CCN(CC1CCCCC1)C(=O)C1CCNC1.Cl. The molecule has 1 heterocycles. The van der Waals surface area contributed by atoms with Crippen LogP contribution in [0.5, 0.6) is 0 Å². The summed E-state index contributed by atoms with van der Waals surface area (Å²) >= 11 is 0. The van der Waals surface area contributed by atoms with Crippen molar-refractivity contribution < 1.29 is 4.79 Å². The van der Waals surface area contributed by atoms with Crippen LogP contribution < -0.4 is 5.32 Å². The molecule has 0 aromatic rings. The molecule has 2 aliphatic rings. The highest BCUT2D eigenvalue weighted by molar-refractivity contribution is 5.85. The summed E-state index contributed by atoms with van der Waals surface area (Å²) in [6, 6.07) is 0. The Balaban J connectivity index is 0.00000180. The maximum atomic E-state index is 12.4. The quantitative estimate of drug-likeness (QED) is 0.788. The van der Waals surface area contributed by atoms with Gasteiger partial charge in [-0.25, -0.2) is 0 Å². The van der Waals surface area contributed by atoms with Crippen molar-refractivity contribution in [2.24, 2.45) is 11.8 Å². The fourth-order valence-corrected chi connectivity index (χ4v) is 3.22. The van der Waals surface area contributed by atoms with Crippen molar-refractivity contribution in [2.75, 3.05) is 26.2 Å². The van der Waals surface area contributed by atoms with Gasteiger partial charge in [0.05, 0.1) is 5.92 Å². The molecule has 1 N–H and O–H groups in total. The van der Waals surface area contributed by atoms with Crippen LogP contribution in [0.2, 0.25) is 0 Å². The van der Waals surface area contributed by atoms with Crippen LogP contribution in [0.25, 0.3) is 0 Å².